The minimum Gasteiger partial charge on any atom is -0.496 e. The molecule has 0 bridgehead atoms. The lowest BCUT2D eigenvalue weighted by Gasteiger charge is -2.40. The standard InChI is InChI=1S/C24H32N6O2/c1-18-9-10-19(2)21(17-18)28-11-13-29(14-12-28)23(20-7-5-6-8-22(20)32-4)24-25-26-27-30(24)15-16-31-3/h5-10,17,23H,11-16H2,1-4H3. The maximum absolute atomic E-state index is 5.72. The molecule has 1 saturated heterocycles. The van der Waals surface area contributed by atoms with Crippen LogP contribution in [0.15, 0.2) is 42.5 Å². The highest BCUT2D eigenvalue weighted by molar-refractivity contribution is 5.55. The Morgan fingerprint density at radius 2 is 1.78 bits per heavy atom. The van der Waals surface area contributed by atoms with E-state index in [1.807, 2.05) is 22.9 Å². The largest absolute Gasteiger partial charge is 0.496 e. The van der Waals surface area contributed by atoms with Crippen LogP contribution in [-0.2, 0) is 11.3 Å². The summed E-state index contributed by atoms with van der Waals surface area (Å²) in [6.45, 7) is 9.16. The summed E-state index contributed by atoms with van der Waals surface area (Å²) < 4.78 is 12.8. The summed E-state index contributed by atoms with van der Waals surface area (Å²) in [6, 6.07) is 14.7. The molecule has 0 aliphatic carbocycles. The van der Waals surface area contributed by atoms with Gasteiger partial charge in [-0.15, -0.1) is 5.10 Å². The Labute approximate surface area is 189 Å². The van der Waals surface area contributed by atoms with Gasteiger partial charge in [0, 0.05) is 44.5 Å². The Kier molecular flexibility index (Phi) is 7.02. The zero-order valence-corrected chi connectivity index (χ0v) is 19.4. The molecule has 1 aromatic heterocycles. The quantitative estimate of drug-likeness (QED) is 0.538. The van der Waals surface area contributed by atoms with Crippen LogP contribution in [0.25, 0.3) is 0 Å². The normalized spacial score (nSPS) is 15.7. The molecule has 2 heterocycles. The predicted octanol–water partition coefficient (Wildman–Crippen LogP) is 2.86. The fourth-order valence-corrected chi connectivity index (χ4v) is 4.42. The molecule has 0 saturated carbocycles. The highest BCUT2D eigenvalue weighted by Crippen LogP contribution is 2.35. The van der Waals surface area contributed by atoms with Crippen molar-refractivity contribution in [2.75, 3.05) is 51.9 Å². The van der Waals surface area contributed by atoms with E-state index in [1.54, 1.807) is 14.2 Å². The molecule has 170 valence electrons. The maximum Gasteiger partial charge on any atom is 0.173 e. The molecule has 0 spiro atoms. The van der Waals surface area contributed by atoms with E-state index in [1.165, 1.54) is 16.8 Å². The number of hydrogen-bond donors (Lipinski definition) is 0. The summed E-state index contributed by atoms with van der Waals surface area (Å²) >= 11 is 0. The minimum atomic E-state index is -0.0984. The molecule has 1 aliphatic heterocycles. The van der Waals surface area contributed by atoms with Crippen LogP contribution in [0.1, 0.15) is 28.6 Å². The van der Waals surface area contributed by atoms with Crippen LogP contribution in [0.3, 0.4) is 0 Å². The summed E-state index contributed by atoms with van der Waals surface area (Å²) in [4.78, 5) is 4.93. The zero-order valence-electron chi connectivity index (χ0n) is 19.4. The van der Waals surface area contributed by atoms with E-state index >= 15 is 0 Å². The van der Waals surface area contributed by atoms with E-state index < -0.39 is 0 Å². The first kappa shape index (κ1) is 22.2. The third-order valence-electron chi connectivity index (χ3n) is 6.13. The van der Waals surface area contributed by atoms with Crippen LogP contribution in [0, 0.1) is 13.8 Å². The molecule has 8 heteroatoms. The van der Waals surface area contributed by atoms with Gasteiger partial charge >= 0.3 is 0 Å². The highest BCUT2D eigenvalue weighted by Gasteiger charge is 2.32. The van der Waals surface area contributed by atoms with Crippen molar-refractivity contribution in [1.82, 2.24) is 25.1 Å². The lowest BCUT2D eigenvalue weighted by molar-refractivity contribution is 0.171. The SMILES string of the molecule is COCCn1nnnc1C(c1ccccc1OC)N1CCN(c2cc(C)ccc2C)CC1. The molecule has 8 nitrogen and oxygen atoms in total. The first-order valence-corrected chi connectivity index (χ1v) is 11.1. The minimum absolute atomic E-state index is 0.0984. The monoisotopic (exact) mass is 436 g/mol. The second kappa shape index (κ2) is 10.1. The predicted molar refractivity (Wildman–Crippen MR) is 124 cm³/mol. The number of aromatic nitrogens is 4. The molecule has 0 N–H and O–H groups in total. The number of aryl methyl sites for hydroxylation is 2. The van der Waals surface area contributed by atoms with Gasteiger partial charge in [0.15, 0.2) is 5.82 Å². The molecular weight excluding hydrogens is 404 g/mol. The second-order valence-corrected chi connectivity index (χ2v) is 8.21. The van der Waals surface area contributed by atoms with Crippen molar-refractivity contribution in [2.45, 2.75) is 26.4 Å². The molecule has 1 atom stereocenters. The van der Waals surface area contributed by atoms with E-state index in [-0.39, 0.29) is 6.04 Å². The van der Waals surface area contributed by atoms with E-state index in [0.29, 0.717) is 13.2 Å². The van der Waals surface area contributed by atoms with Crippen LogP contribution in [0.5, 0.6) is 5.75 Å². The van der Waals surface area contributed by atoms with Crippen LogP contribution in [0.4, 0.5) is 5.69 Å². The molecular formula is C24H32N6O2. The number of benzene rings is 2. The number of piperazine rings is 1. The van der Waals surface area contributed by atoms with Crippen LogP contribution < -0.4 is 9.64 Å². The van der Waals surface area contributed by atoms with Gasteiger partial charge in [-0.1, -0.05) is 30.3 Å². The third kappa shape index (κ3) is 4.61. The number of ether oxygens (including phenoxy) is 2. The Balaban J connectivity index is 1.63. The van der Waals surface area contributed by atoms with Gasteiger partial charge in [-0.25, -0.2) is 4.68 Å². The van der Waals surface area contributed by atoms with Gasteiger partial charge in [-0.05, 0) is 47.5 Å². The van der Waals surface area contributed by atoms with Crippen molar-refractivity contribution >= 4 is 5.69 Å². The number of nitrogens with zero attached hydrogens (tertiary/aromatic N) is 6. The summed E-state index contributed by atoms with van der Waals surface area (Å²) in [6.07, 6.45) is 0. The van der Waals surface area contributed by atoms with Gasteiger partial charge < -0.3 is 14.4 Å². The summed E-state index contributed by atoms with van der Waals surface area (Å²) in [5.74, 6) is 1.66. The van der Waals surface area contributed by atoms with E-state index in [9.17, 15) is 0 Å². The molecule has 3 aromatic rings. The maximum atomic E-state index is 5.72. The topological polar surface area (TPSA) is 68.5 Å². The second-order valence-electron chi connectivity index (χ2n) is 8.21. The number of tetrazole rings is 1. The van der Waals surface area contributed by atoms with Gasteiger partial charge in [0.05, 0.1) is 20.3 Å². The first-order valence-electron chi connectivity index (χ1n) is 11.1. The van der Waals surface area contributed by atoms with E-state index in [0.717, 1.165) is 43.3 Å². The van der Waals surface area contributed by atoms with Gasteiger partial charge in [-0.2, -0.15) is 0 Å². The van der Waals surface area contributed by atoms with Crippen LogP contribution in [-0.4, -0.2) is 72.1 Å². The Morgan fingerprint density at radius 1 is 1.00 bits per heavy atom. The lowest BCUT2D eigenvalue weighted by Crippen LogP contribution is -2.48. The molecule has 1 fully saturated rings. The molecule has 4 rings (SSSR count). The van der Waals surface area contributed by atoms with Crippen molar-refractivity contribution in [3.8, 4) is 5.75 Å². The lowest BCUT2D eigenvalue weighted by atomic mass is 10.0. The fourth-order valence-electron chi connectivity index (χ4n) is 4.42. The zero-order chi connectivity index (χ0) is 22.5. The van der Waals surface area contributed by atoms with E-state index in [2.05, 4.69) is 63.4 Å². The van der Waals surface area contributed by atoms with Gasteiger partial charge in [0.2, 0.25) is 0 Å². The number of methoxy groups -OCH3 is 2. The summed E-state index contributed by atoms with van der Waals surface area (Å²) in [5.41, 5.74) is 5.00. The summed E-state index contributed by atoms with van der Waals surface area (Å²) in [7, 11) is 3.40. The van der Waals surface area contributed by atoms with Crippen molar-refractivity contribution in [3.63, 3.8) is 0 Å². The molecule has 32 heavy (non-hydrogen) atoms. The molecule has 1 aliphatic rings. The van der Waals surface area contributed by atoms with E-state index in [4.69, 9.17) is 9.47 Å². The van der Waals surface area contributed by atoms with Crippen LogP contribution in [0.2, 0.25) is 0 Å². The molecule has 2 aromatic carbocycles. The number of para-hydroxylation sites is 1. The average molecular weight is 437 g/mol. The number of anilines is 1. The molecule has 1 unspecified atom stereocenters. The third-order valence-corrected chi connectivity index (χ3v) is 6.13. The van der Waals surface area contributed by atoms with Gasteiger partial charge in [-0.3, -0.25) is 4.90 Å². The van der Waals surface area contributed by atoms with Crippen LogP contribution >= 0.6 is 0 Å². The smallest absolute Gasteiger partial charge is 0.173 e. The highest BCUT2D eigenvalue weighted by atomic mass is 16.5. The Bertz CT molecular complexity index is 1030. The average Bonchev–Trinajstić information content (AvgIpc) is 3.28. The van der Waals surface area contributed by atoms with Crippen molar-refractivity contribution < 1.29 is 9.47 Å². The molecule has 0 amide bonds. The van der Waals surface area contributed by atoms with Crippen molar-refractivity contribution in [1.29, 1.82) is 0 Å². The summed E-state index contributed by atoms with van der Waals surface area (Å²) in [5, 5.41) is 12.7. The Hall–Kier alpha value is -2.97. The first-order chi connectivity index (χ1) is 15.6. The van der Waals surface area contributed by atoms with Gasteiger partial charge in [0.1, 0.15) is 11.8 Å². The van der Waals surface area contributed by atoms with Gasteiger partial charge in [0.25, 0.3) is 0 Å². The Morgan fingerprint density at radius 3 is 2.53 bits per heavy atom. The number of rotatable bonds is 8. The van der Waals surface area contributed by atoms with Crippen molar-refractivity contribution in [3.05, 3.63) is 65.0 Å². The molecule has 0 radical (unpaired) electrons. The van der Waals surface area contributed by atoms with Crippen molar-refractivity contribution in [2.24, 2.45) is 0 Å². The fraction of sp³-hybridized carbons (Fsp3) is 0.458. The number of hydrogen-bond acceptors (Lipinski definition) is 7.